The molecule has 4 aromatic carbocycles. The van der Waals surface area contributed by atoms with Crippen LogP contribution in [0.1, 0.15) is 60.6 Å². The molecule has 2 N–H and O–H groups in total. The maximum Gasteiger partial charge on any atom is 0.697 e. The maximum atomic E-state index is 13.2. The number of ether oxygens (including phenoxy) is 4. The molecule has 1 aliphatic rings. The van der Waals surface area contributed by atoms with E-state index >= 15 is 0 Å². The number of hydrogen-bond acceptors (Lipinski definition) is 12. The number of rotatable bonds is 21. The molecule has 1 aromatic heterocycles. The van der Waals surface area contributed by atoms with E-state index < -0.39 is 38.7 Å². The molecule has 318 valence electrons. The highest BCUT2D eigenvalue weighted by Gasteiger charge is 2.31. The van der Waals surface area contributed by atoms with Gasteiger partial charge in [0.1, 0.15) is 51.1 Å². The Morgan fingerprint density at radius 3 is 1.87 bits per heavy atom. The summed E-state index contributed by atoms with van der Waals surface area (Å²) in [6.45, 7) is 0.699. The number of alkyl carbamates (subject to hydrolysis) is 1. The zero-order valence-corrected chi connectivity index (χ0v) is 34.5. The van der Waals surface area contributed by atoms with Gasteiger partial charge >= 0.3 is 26.4 Å². The number of carbonyl (C=O) groups excluding carboxylic acids is 3. The quantitative estimate of drug-likeness (QED) is 0.0314. The van der Waals surface area contributed by atoms with Gasteiger partial charge in [0.15, 0.2) is 0 Å². The molecular formula is C45H49N5O10P+. The van der Waals surface area contributed by atoms with Crippen molar-refractivity contribution in [3.63, 3.8) is 0 Å². The number of nitrogens with one attached hydrogen (secondary N) is 2. The fourth-order valence-corrected chi connectivity index (χ4v) is 6.83. The first-order valence-electron chi connectivity index (χ1n) is 20.1. The van der Waals surface area contributed by atoms with Crippen LogP contribution < -0.4 is 16.3 Å². The van der Waals surface area contributed by atoms with Crippen molar-refractivity contribution in [2.75, 3.05) is 18.5 Å². The summed E-state index contributed by atoms with van der Waals surface area (Å²) in [6.07, 6.45) is 1.94. The number of benzene rings is 4. The van der Waals surface area contributed by atoms with E-state index in [0.717, 1.165) is 22.3 Å². The van der Waals surface area contributed by atoms with Gasteiger partial charge in [0.05, 0.1) is 6.10 Å². The minimum absolute atomic E-state index is 0.0463. The average molecular weight is 851 g/mol. The van der Waals surface area contributed by atoms with Crippen molar-refractivity contribution in [2.45, 2.75) is 76.9 Å². The molecule has 0 spiro atoms. The predicted octanol–water partition coefficient (Wildman–Crippen LogP) is 8.31. The molecule has 1 unspecified atom stereocenters. The zero-order valence-electron chi connectivity index (χ0n) is 33.6. The molecule has 0 saturated carbocycles. The average Bonchev–Trinajstić information content (AvgIpc) is 3.78. The minimum Gasteiger partial charge on any atom is -0.459 e. The topological polar surface area (TPSA) is 178 Å². The molecule has 0 bridgehead atoms. The van der Waals surface area contributed by atoms with Gasteiger partial charge in [0, 0.05) is 17.3 Å². The van der Waals surface area contributed by atoms with E-state index in [1.807, 2.05) is 121 Å². The van der Waals surface area contributed by atoms with Crippen LogP contribution in [0.15, 0.2) is 139 Å². The van der Waals surface area contributed by atoms with E-state index in [9.17, 15) is 18.9 Å². The number of carbonyl (C=O) groups is 3. The molecule has 15 nitrogen and oxygen atoms in total. The number of unbranched alkanes of at least 4 members (excludes halogenated alkanes) is 1. The Balaban J connectivity index is 1.07. The van der Waals surface area contributed by atoms with E-state index in [4.69, 9.17) is 33.0 Å². The van der Waals surface area contributed by atoms with Crippen molar-refractivity contribution in [2.24, 2.45) is 4.99 Å². The standard InChI is InChI=1S/C45H48N5O10P/c51-42(55-29-34-15-5-1-6-16-34)39(47-44(52)56-30-35-17-7-2-8-18-35)23-13-14-27-46-43-48-40(49-45(53)57-31-36-19-9-3-10-20-36)26-28-50(43)41-25-24-38(60-41)33-59-61(54)58-32-37-21-11-4-12-22-37/h1-12,15-22,26,28,38-39,41H,13-14,23-25,27,29-33H2,(H-,46,47,48,49,52,53)/p+1/t38-,39-,41+/m0/s1. The first-order chi connectivity index (χ1) is 29.9. The van der Waals surface area contributed by atoms with Crippen LogP contribution in [0.3, 0.4) is 0 Å². The minimum atomic E-state index is -2.36. The summed E-state index contributed by atoms with van der Waals surface area (Å²) < 4.78 is 47.7. The Morgan fingerprint density at radius 1 is 0.705 bits per heavy atom. The van der Waals surface area contributed by atoms with Crippen molar-refractivity contribution < 1.29 is 46.9 Å². The highest BCUT2D eigenvalue weighted by Crippen LogP contribution is 2.32. The summed E-state index contributed by atoms with van der Waals surface area (Å²) >= 11 is 0. The summed E-state index contributed by atoms with van der Waals surface area (Å²) in [5.74, 6) is -0.364. The molecule has 1 aliphatic heterocycles. The van der Waals surface area contributed by atoms with Crippen molar-refractivity contribution in [1.29, 1.82) is 0 Å². The zero-order chi connectivity index (χ0) is 42.5. The molecule has 6 rings (SSSR count). The van der Waals surface area contributed by atoms with Gasteiger partial charge in [-0.3, -0.25) is 14.9 Å². The number of esters is 1. The fourth-order valence-electron chi connectivity index (χ4n) is 6.22. The Morgan fingerprint density at radius 2 is 1.26 bits per heavy atom. The third kappa shape index (κ3) is 15.4. The van der Waals surface area contributed by atoms with Crippen LogP contribution in [0.5, 0.6) is 0 Å². The first-order valence-corrected chi connectivity index (χ1v) is 21.1. The van der Waals surface area contributed by atoms with Crippen LogP contribution in [-0.2, 0) is 63.8 Å². The van der Waals surface area contributed by atoms with Crippen LogP contribution >= 0.6 is 8.25 Å². The van der Waals surface area contributed by atoms with Gasteiger partial charge in [-0.05, 0) is 60.4 Å². The molecule has 61 heavy (non-hydrogen) atoms. The molecule has 1 fully saturated rings. The van der Waals surface area contributed by atoms with Crippen molar-refractivity contribution in [1.82, 2.24) is 14.9 Å². The van der Waals surface area contributed by atoms with Gasteiger partial charge in [-0.15, -0.1) is 9.05 Å². The van der Waals surface area contributed by atoms with Crippen molar-refractivity contribution in [3.8, 4) is 0 Å². The molecule has 2 amide bonds. The monoisotopic (exact) mass is 850 g/mol. The maximum absolute atomic E-state index is 13.2. The van der Waals surface area contributed by atoms with E-state index in [-0.39, 0.29) is 63.5 Å². The summed E-state index contributed by atoms with van der Waals surface area (Å²) in [5.41, 5.74) is 3.62. The third-order valence-corrected chi connectivity index (χ3v) is 10.1. The normalized spacial score (nSPS) is 15.7. The van der Waals surface area contributed by atoms with E-state index in [0.29, 0.717) is 25.7 Å². The smallest absolute Gasteiger partial charge is 0.459 e. The van der Waals surface area contributed by atoms with E-state index in [1.165, 1.54) is 0 Å². The van der Waals surface area contributed by atoms with Gasteiger partial charge in [-0.2, -0.15) is 4.98 Å². The SMILES string of the molecule is O=C(Nc1ccn([C@H]2CC[C@@H](CO[P+](=O)OCc3ccccc3)O2)c(=NCCCC[C@H](NC(=O)OCc2ccccc2)C(=O)OCc2ccccc2)n1)OCc1ccccc1. The van der Waals surface area contributed by atoms with Gasteiger partial charge in [-0.1, -0.05) is 121 Å². The predicted molar refractivity (Wildman–Crippen MR) is 224 cm³/mol. The van der Waals surface area contributed by atoms with Crippen LogP contribution in [0, 0.1) is 0 Å². The Hall–Kier alpha value is -6.25. The van der Waals surface area contributed by atoms with Crippen LogP contribution in [-0.4, -0.2) is 53.0 Å². The fraction of sp³-hybridized carbons (Fsp3) is 0.311. The number of amides is 2. The van der Waals surface area contributed by atoms with Crippen molar-refractivity contribution >= 4 is 32.2 Å². The third-order valence-electron chi connectivity index (χ3n) is 9.40. The highest BCUT2D eigenvalue weighted by molar-refractivity contribution is 7.33. The Bertz CT molecular complexity index is 2220. The molecular weight excluding hydrogens is 801 g/mol. The summed E-state index contributed by atoms with van der Waals surface area (Å²) in [7, 11) is -2.36. The second-order valence-electron chi connectivity index (χ2n) is 14.0. The van der Waals surface area contributed by atoms with Crippen LogP contribution in [0.2, 0.25) is 0 Å². The molecule has 1 saturated heterocycles. The molecule has 0 radical (unpaired) electrons. The lowest BCUT2D eigenvalue weighted by Crippen LogP contribution is -2.42. The van der Waals surface area contributed by atoms with E-state index in [1.54, 1.807) is 16.8 Å². The lowest BCUT2D eigenvalue weighted by molar-refractivity contribution is -0.147. The highest BCUT2D eigenvalue weighted by atomic mass is 31.1. The second kappa shape index (κ2) is 24.1. The van der Waals surface area contributed by atoms with E-state index in [2.05, 4.69) is 15.6 Å². The molecule has 16 heteroatoms. The van der Waals surface area contributed by atoms with Crippen LogP contribution in [0.25, 0.3) is 0 Å². The molecule has 4 atom stereocenters. The van der Waals surface area contributed by atoms with Gasteiger partial charge in [0.25, 0.3) is 0 Å². The molecule has 2 heterocycles. The Kier molecular flexibility index (Phi) is 17.5. The number of hydrogen-bond donors (Lipinski definition) is 2. The summed E-state index contributed by atoms with van der Waals surface area (Å²) in [5, 5.41) is 5.34. The summed E-state index contributed by atoms with van der Waals surface area (Å²) in [6, 6.07) is 37.9. The number of nitrogens with zero attached hydrogens (tertiary/aromatic N) is 3. The first kappa shape index (κ1) is 44.3. The summed E-state index contributed by atoms with van der Waals surface area (Å²) in [4.78, 5) is 48.1. The largest absolute Gasteiger partial charge is 0.697 e. The second-order valence-corrected chi connectivity index (χ2v) is 15.0. The lowest BCUT2D eigenvalue weighted by atomic mass is 10.1. The van der Waals surface area contributed by atoms with Gasteiger partial charge in [0.2, 0.25) is 5.62 Å². The van der Waals surface area contributed by atoms with Gasteiger partial charge in [-0.25, -0.2) is 14.4 Å². The molecule has 5 aromatic rings. The van der Waals surface area contributed by atoms with Gasteiger partial charge < -0.3 is 24.3 Å². The molecule has 0 aliphatic carbocycles. The lowest BCUT2D eigenvalue weighted by Gasteiger charge is -2.18. The number of aromatic nitrogens is 2. The Labute approximate surface area is 355 Å². The number of anilines is 1. The van der Waals surface area contributed by atoms with Crippen LogP contribution in [0.4, 0.5) is 15.4 Å². The van der Waals surface area contributed by atoms with Crippen molar-refractivity contribution in [3.05, 3.63) is 161 Å².